The molecule has 1 aliphatic carbocycles. The number of H-pyrrole nitrogens is 1. The van der Waals surface area contributed by atoms with Crippen molar-refractivity contribution >= 4 is 11.6 Å². The molecule has 2 aromatic rings. The molecule has 1 heterocycles. The zero-order valence-corrected chi connectivity index (χ0v) is 12.0. The van der Waals surface area contributed by atoms with Crippen molar-refractivity contribution in [2.45, 2.75) is 31.7 Å². The number of tetrazole rings is 1. The minimum Gasteiger partial charge on any atom is -0.349 e. The average molecular weight is 320 g/mol. The number of halogens is 1. The fourth-order valence-corrected chi connectivity index (χ4v) is 2.71. The number of nitrogens with one attached hydrogen (secondary N) is 2. The van der Waals surface area contributed by atoms with E-state index >= 15 is 0 Å². The van der Waals surface area contributed by atoms with Gasteiger partial charge in [0.05, 0.1) is 16.6 Å². The Hall–Kier alpha value is -2.91. The number of nitrogens with zero attached hydrogens (tertiary/aromatic N) is 4. The predicted molar refractivity (Wildman–Crippen MR) is 75.9 cm³/mol. The van der Waals surface area contributed by atoms with E-state index in [4.69, 9.17) is 0 Å². The summed E-state index contributed by atoms with van der Waals surface area (Å²) < 4.78 is 14.3. The quantitative estimate of drug-likeness (QED) is 0.650. The van der Waals surface area contributed by atoms with Gasteiger partial charge >= 0.3 is 0 Å². The monoisotopic (exact) mass is 320 g/mol. The molecule has 9 nitrogen and oxygen atoms in total. The van der Waals surface area contributed by atoms with Crippen LogP contribution in [0.1, 0.15) is 36.0 Å². The van der Waals surface area contributed by atoms with Gasteiger partial charge in [-0.15, -0.1) is 10.2 Å². The van der Waals surface area contributed by atoms with Gasteiger partial charge in [-0.25, -0.2) is 4.39 Å². The summed E-state index contributed by atoms with van der Waals surface area (Å²) in [6.45, 7) is 0. The summed E-state index contributed by atoms with van der Waals surface area (Å²) in [7, 11) is 0. The molecule has 1 saturated carbocycles. The molecule has 23 heavy (non-hydrogen) atoms. The second kappa shape index (κ2) is 6.07. The summed E-state index contributed by atoms with van der Waals surface area (Å²) in [6.07, 6.45) is 3.67. The molecule has 1 amide bonds. The Morgan fingerprint density at radius 1 is 1.39 bits per heavy atom. The van der Waals surface area contributed by atoms with Gasteiger partial charge in [0.15, 0.2) is 0 Å². The van der Waals surface area contributed by atoms with Crippen LogP contribution in [0.25, 0.3) is 11.4 Å². The van der Waals surface area contributed by atoms with Crippen LogP contribution in [-0.4, -0.2) is 37.5 Å². The Kier molecular flexibility index (Phi) is 3.96. The van der Waals surface area contributed by atoms with Crippen molar-refractivity contribution in [3.63, 3.8) is 0 Å². The molecule has 1 aromatic heterocycles. The highest BCUT2D eigenvalue weighted by Crippen LogP contribution is 2.28. The van der Waals surface area contributed by atoms with Gasteiger partial charge < -0.3 is 5.32 Å². The lowest BCUT2D eigenvalue weighted by Gasteiger charge is -2.14. The molecule has 10 heteroatoms. The zero-order chi connectivity index (χ0) is 16.4. The van der Waals surface area contributed by atoms with Crippen LogP contribution in [0.5, 0.6) is 0 Å². The van der Waals surface area contributed by atoms with Crippen molar-refractivity contribution in [3.05, 3.63) is 33.6 Å². The second-order valence-corrected chi connectivity index (χ2v) is 5.30. The third-order valence-electron chi connectivity index (χ3n) is 3.79. The van der Waals surface area contributed by atoms with Crippen molar-refractivity contribution in [1.82, 2.24) is 25.9 Å². The Labute approximate surface area is 129 Å². The third-order valence-corrected chi connectivity index (χ3v) is 3.79. The van der Waals surface area contributed by atoms with E-state index in [1.54, 1.807) is 0 Å². The molecule has 120 valence electrons. The average Bonchev–Trinajstić information content (AvgIpc) is 3.19. The minimum atomic E-state index is -0.991. The van der Waals surface area contributed by atoms with Gasteiger partial charge in [0, 0.05) is 17.7 Å². The standard InChI is InChI=1S/C13H13FN6O3/c14-10-6-8(20(22)23)5-9(12-16-18-19-17-12)11(10)13(21)15-7-3-1-2-4-7/h5-7H,1-4H2,(H,15,21)(H,16,17,18,19). The van der Waals surface area contributed by atoms with Crippen molar-refractivity contribution in [3.8, 4) is 11.4 Å². The van der Waals surface area contributed by atoms with Crippen LogP contribution in [0, 0.1) is 15.9 Å². The lowest BCUT2D eigenvalue weighted by Crippen LogP contribution is -2.33. The summed E-state index contributed by atoms with van der Waals surface area (Å²) in [5.41, 5.74) is -0.871. The summed E-state index contributed by atoms with van der Waals surface area (Å²) in [5, 5.41) is 26.6. The predicted octanol–water partition coefficient (Wildman–Crippen LogP) is 1.59. The molecular formula is C13H13FN6O3. The number of carbonyl (C=O) groups excluding carboxylic acids is 1. The number of aromatic nitrogens is 4. The van der Waals surface area contributed by atoms with Crippen molar-refractivity contribution in [2.24, 2.45) is 0 Å². The highest BCUT2D eigenvalue weighted by molar-refractivity contribution is 6.01. The topological polar surface area (TPSA) is 127 Å². The van der Waals surface area contributed by atoms with Crippen LogP contribution in [-0.2, 0) is 0 Å². The van der Waals surface area contributed by atoms with Gasteiger partial charge in [-0.2, -0.15) is 5.21 Å². The van der Waals surface area contributed by atoms with Crippen LogP contribution in [0.4, 0.5) is 10.1 Å². The van der Waals surface area contributed by atoms with E-state index in [9.17, 15) is 19.3 Å². The van der Waals surface area contributed by atoms with Gasteiger partial charge in [-0.05, 0) is 18.1 Å². The maximum absolute atomic E-state index is 14.3. The molecule has 0 atom stereocenters. The fourth-order valence-electron chi connectivity index (χ4n) is 2.71. The Balaban J connectivity index is 2.03. The van der Waals surface area contributed by atoms with Crippen molar-refractivity contribution < 1.29 is 14.1 Å². The molecule has 0 saturated heterocycles. The number of benzene rings is 1. The molecule has 0 radical (unpaired) electrons. The lowest BCUT2D eigenvalue weighted by molar-refractivity contribution is -0.385. The first-order valence-electron chi connectivity index (χ1n) is 7.09. The second-order valence-electron chi connectivity index (χ2n) is 5.30. The summed E-state index contributed by atoms with van der Waals surface area (Å²) in [5.74, 6) is -1.71. The molecular weight excluding hydrogens is 307 g/mol. The maximum atomic E-state index is 14.3. The number of carbonyl (C=O) groups is 1. The number of amides is 1. The Bertz CT molecular complexity index is 742. The highest BCUT2D eigenvalue weighted by Gasteiger charge is 2.27. The summed E-state index contributed by atoms with van der Waals surface area (Å²) >= 11 is 0. The first-order chi connectivity index (χ1) is 11.1. The van der Waals surface area contributed by atoms with Gasteiger partial charge in [-0.3, -0.25) is 14.9 Å². The molecule has 0 spiro atoms. The van der Waals surface area contributed by atoms with Crippen LogP contribution >= 0.6 is 0 Å². The summed E-state index contributed by atoms with van der Waals surface area (Å²) in [6, 6.07) is 1.76. The van der Waals surface area contributed by atoms with E-state index in [0.29, 0.717) is 6.07 Å². The summed E-state index contributed by atoms with van der Waals surface area (Å²) in [4.78, 5) is 22.6. The first kappa shape index (κ1) is 15.0. The number of hydrogen-bond donors (Lipinski definition) is 2. The van der Waals surface area contributed by atoms with Crippen LogP contribution in [0.15, 0.2) is 12.1 Å². The smallest absolute Gasteiger partial charge is 0.273 e. The number of non-ortho nitro benzene ring substituents is 1. The van der Waals surface area contributed by atoms with Crippen molar-refractivity contribution in [2.75, 3.05) is 0 Å². The molecule has 3 rings (SSSR count). The Morgan fingerprint density at radius 3 is 2.74 bits per heavy atom. The van der Waals surface area contributed by atoms with Gasteiger partial charge in [-0.1, -0.05) is 12.8 Å². The maximum Gasteiger partial charge on any atom is 0.273 e. The third kappa shape index (κ3) is 3.00. The number of aromatic amines is 1. The molecule has 1 aromatic carbocycles. The van der Waals surface area contributed by atoms with Crippen molar-refractivity contribution in [1.29, 1.82) is 0 Å². The number of nitro groups is 1. The largest absolute Gasteiger partial charge is 0.349 e. The molecule has 1 fully saturated rings. The van der Waals surface area contributed by atoms with Crippen LogP contribution < -0.4 is 5.32 Å². The normalized spacial score (nSPS) is 14.8. The molecule has 2 N–H and O–H groups in total. The van der Waals surface area contributed by atoms with Crippen LogP contribution in [0.2, 0.25) is 0 Å². The SMILES string of the molecule is O=C(NC1CCCC1)c1c(F)cc([N+](=O)[O-])cc1-c1nn[nH]n1. The van der Waals surface area contributed by atoms with E-state index < -0.39 is 22.3 Å². The number of hydrogen-bond acceptors (Lipinski definition) is 6. The van der Waals surface area contributed by atoms with Gasteiger partial charge in [0.2, 0.25) is 5.82 Å². The molecule has 0 aliphatic heterocycles. The number of rotatable bonds is 4. The molecule has 0 unspecified atom stereocenters. The van der Waals surface area contributed by atoms with Gasteiger partial charge in [0.1, 0.15) is 5.82 Å². The van der Waals surface area contributed by atoms with E-state index in [-0.39, 0.29) is 23.0 Å². The zero-order valence-electron chi connectivity index (χ0n) is 12.0. The molecule has 1 aliphatic rings. The number of nitro benzene ring substituents is 1. The van der Waals surface area contributed by atoms with Gasteiger partial charge in [0.25, 0.3) is 11.6 Å². The van der Waals surface area contributed by atoms with Crippen LogP contribution in [0.3, 0.4) is 0 Å². The minimum absolute atomic E-state index is 0.0183. The first-order valence-corrected chi connectivity index (χ1v) is 7.09. The fraction of sp³-hybridized carbons (Fsp3) is 0.385. The van der Waals surface area contributed by atoms with E-state index in [2.05, 4.69) is 25.9 Å². The molecule has 0 bridgehead atoms. The van der Waals surface area contributed by atoms with E-state index in [1.165, 1.54) is 0 Å². The lowest BCUT2D eigenvalue weighted by atomic mass is 10.0. The van der Waals surface area contributed by atoms with E-state index in [1.807, 2.05) is 0 Å². The van der Waals surface area contributed by atoms with E-state index in [0.717, 1.165) is 31.7 Å². The Morgan fingerprint density at radius 2 is 2.13 bits per heavy atom. The highest BCUT2D eigenvalue weighted by atomic mass is 19.1.